The monoisotopic (exact) mass is 281 g/mol. The van der Waals surface area contributed by atoms with Crippen LogP contribution >= 0.6 is 0 Å². The molecule has 20 heavy (non-hydrogen) atoms. The van der Waals surface area contributed by atoms with Crippen molar-refractivity contribution in [3.05, 3.63) is 0 Å². The van der Waals surface area contributed by atoms with Gasteiger partial charge >= 0.3 is 0 Å². The van der Waals surface area contributed by atoms with Crippen molar-refractivity contribution in [2.45, 2.75) is 86.7 Å². The molecule has 0 radical (unpaired) electrons. The van der Waals surface area contributed by atoms with E-state index in [0.29, 0.717) is 6.04 Å². The second-order valence-electron chi connectivity index (χ2n) is 8.29. The minimum atomic E-state index is 0.676. The first kappa shape index (κ1) is 18.0. The fraction of sp³-hybridized carbons (Fsp3) is 1.00. The van der Waals surface area contributed by atoms with E-state index in [4.69, 9.17) is 0 Å². The summed E-state index contributed by atoms with van der Waals surface area (Å²) in [6.07, 6.45) is 4.24. The summed E-state index contributed by atoms with van der Waals surface area (Å²) in [7, 11) is 0. The van der Waals surface area contributed by atoms with Crippen molar-refractivity contribution < 1.29 is 0 Å². The lowest BCUT2D eigenvalue weighted by molar-refractivity contribution is -0.00305. The maximum Gasteiger partial charge on any atom is 0.0154 e. The van der Waals surface area contributed by atoms with Crippen molar-refractivity contribution in [3.63, 3.8) is 0 Å². The van der Waals surface area contributed by atoms with Crippen LogP contribution in [0.1, 0.15) is 74.7 Å². The molecule has 1 heteroatoms. The standard InChI is InChI=1S/C19H39N/c1-13(2)17-11-9-10-12-20(16(7)8)19(15(5)6)18(17)14(3)4/h13-19H,9-12H2,1-8H3. The van der Waals surface area contributed by atoms with Crippen LogP contribution in [-0.4, -0.2) is 23.5 Å². The number of rotatable bonds is 4. The molecule has 0 N–H and O–H groups in total. The molecule has 1 fully saturated rings. The molecular formula is C19H39N. The van der Waals surface area contributed by atoms with Gasteiger partial charge in [0.15, 0.2) is 0 Å². The molecule has 120 valence electrons. The Balaban J connectivity index is 3.15. The summed E-state index contributed by atoms with van der Waals surface area (Å²) in [6.45, 7) is 20.7. The van der Waals surface area contributed by atoms with E-state index in [1.54, 1.807) is 0 Å². The first-order valence-corrected chi connectivity index (χ1v) is 9.03. The Bertz CT molecular complexity index is 239. The van der Waals surface area contributed by atoms with Gasteiger partial charge in [-0.15, -0.1) is 0 Å². The molecule has 1 nitrogen and oxygen atoms in total. The van der Waals surface area contributed by atoms with E-state index in [1.807, 2.05) is 0 Å². The van der Waals surface area contributed by atoms with Crippen molar-refractivity contribution in [1.29, 1.82) is 0 Å². The predicted molar refractivity (Wildman–Crippen MR) is 91.0 cm³/mol. The van der Waals surface area contributed by atoms with Gasteiger partial charge in [-0.25, -0.2) is 0 Å². The number of nitrogens with zero attached hydrogens (tertiary/aromatic N) is 1. The van der Waals surface area contributed by atoms with Gasteiger partial charge in [0, 0.05) is 12.1 Å². The molecule has 1 saturated heterocycles. The summed E-state index contributed by atoms with van der Waals surface area (Å²) in [5.41, 5.74) is 0. The highest BCUT2D eigenvalue weighted by atomic mass is 15.2. The Labute approximate surface area is 128 Å². The van der Waals surface area contributed by atoms with Crippen molar-refractivity contribution in [2.24, 2.45) is 29.6 Å². The van der Waals surface area contributed by atoms with Gasteiger partial charge in [-0.1, -0.05) is 48.0 Å². The summed E-state index contributed by atoms with van der Waals surface area (Å²) in [6, 6.07) is 1.43. The highest BCUT2D eigenvalue weighted by molar-refractivity contribution is 4.91. The molecule has 0 amide bonds. The molecule has 1 rings (SSSR count). The summed E-state index contributed by atoms with van der Waals surface area (Å²) >= 11 is 0. The Hall–Kier alpha value is -0.0400. The minimum absolute atomic E-state index is 0.676. The van der Waals surface area contributed by atoms with Gasteiger partial charge in [-0.3, -0.25) is 4.90 Å². The predicted octanol–water partition coefficient (Wildman–Crippen LogP) is 5.45. The summed E-state index contributed by atoms with van der Waals surface area (Å²) in [5.74, 6) is 4.09. The van der Waals surface area contributed by atoms with Crippen LogP contribution in [0.3, 0.4) is 0 Å². The second kappa shape index (κ2) is 7.82. The molecule has 1 aliphatic rings. The van der Waals surface area contributed by atoms with Gasteiger partial charge in [-0.05, 0) is 62.8 Å². The fourth-order valence-electron chi connectivity index (χ4n) is 4.59. The number of hydrogen-bond acceptors (Lipinski definition) is 1. The Kier molecular flexibility index (Phi) is 7.04. The van der Waals surface area contributed by atoms with Gasteiger partial charge in [0.05, 0.1) is 0 Å². The third-order valence-corrected chi connectivity index (χ3v) is 5.45. The van der Waals surface area contributed by atoms with Gasteiger partial charge in [0.1, 0.15) is 0 Å². The molecule has 0 aromatic heterocycles. The maximum absolute atomic E-state index is 2.82. The molecule has 1 heterocycles. The van der Waals surface area contributed by atoms with E-state index in [0.717, 1.165) is 35.6 Å². The normalized spacial score (nSPS) is 30.3. The fourth-order valence-corrected chi connectivity index (χ4v) is 4.59. The first-order valence-electron chi connectivity index (χ1n) is 9.03. The van der Waals surface area contributed by atoms with E-state index < -0.39 is 0 Å². The van der Waals surface area contributed by atoms with E-state index in [1.165, 1.54) is 25.8 Å². The molecular weight excluding hydrogens is 242 g/mol. The van der Waals surface area contributed by atoms with Crippen molar-refractivity contribution in [2.75, 3.05) is 6.54 Å². The van der Waals surface area contributed by atoms with Gasteiger partial charge in [-0.2, -0.15) is 0 Å². The Morgan fingerprint density at radius 2 is 1.35 bits per heavy atom. The summed E-state index contributed by atoms with van der Waals surface area (Å²) in [5, 5.41) is 0. The lowest BCUT2D eigenvalue weighted by Gasteiger charge is -2.49. The molecule has 0 bridgehead atoms. The van der Waals surface area contributed by atoms with Crippen LogP contribution in [-0.2, 0) is 0 Å². The number of hydrogen-bond donors (Lipinski definition) is 0. The van der Waals surface area contributed by atoms with Crippen LogP contribution in [0.5, 0.6) is 0 Å². The zero-order chi connectivity index (χ0) is 15.4. The summed E-state index contributed by atoms with van der Waals surface area (Å²) in [4.78, 5) is 2.82. The maximum atomic E-state index is 2.82. The smallest absolute Gasteiger partial charge is 0.0154 e. The molecule has 0 saturated carbocycles. The van der Waals surface area contributed by atoms with Gasteiger partial charge < -0.3 is 0 Å². The molecule has 0 aromatic carbocycles. The average molecular weight is 282 g/mol. The lowest BCUT2D eigenvalue weighted by atomic mass is 9.67. The Morgan fingerprint density at radius 3 is 1.75 bits per heavy atom. The van der Waals surface area contributed by atoms with E-state index >= 15 is 0 Å². The highest BCUT2D eigenvalue weighted by Gasteiger charge is 2.39. The van der Waals surface area contributed by atoms with Gasteiger partial charge in [0.25, 0.3) is 0 Å². The topological polar surface area (TPSA) is 3.24 Å². The molecule has 0 aliphatic carbocycles. The lowest BCUT2D eigenvalue weighted by Crippen LogP contribution is -2.53. The molecule has 3 atom stereocenters. The van der Waals surface area contributed by atoms with Crippen LogP contribution in [0.25, 0.3) is 0 Å². The number of likely N-dealkylation sites (tertiary alicyclic amines) is 1. The van der Waals surface area contributed by atoms with E-state index in [2.05, 4.69) is 60.3 Å². The average Bonchev–Trinajstić information content (AvgIpc) is 2.26. The first-order chi connectivity index (χ1) is 9.27. The second-order valence-corrected chi connectivity index (χ2v) is 8.29. The molecule has 1 aliphatic heterocycles. The van der Waals surface area contributed by atoms with Crippen LogP contribution in [0.2, 0.25) is 0 Å². The van der Waals surface area contributed by atoms with Crippen molar-refractivity contribution in [1.82, 2.24) is 4.90 Å². The minimum Gasteiger partial charge on any atom is -0.297 e. The molecule has 3 unspecified atom stereocenters. The van der Waals surface area contributed by atoms with E-state index in [-0.39, 0.29) is 0 Å². The highest BCUT2D eigenvalue weighted by Crippen LogP contribution is 2.40. The Morgan fingerprint density at radius 1 is 0.750 bits per heavy atom. The van der Waals surface area contributed by atoms with E-state index in [9.17, 15) is 0 Å². The molecule has 0 spiro atoms. The third kappa shape index (κ3) is 4.23. The van der Waals surface area contributed by atoms with Crippen LogP contribution in [0, 0.1) is 29.6 Å². The van der Waals surface area contributed by atoms with Gasteiger partial charge in [0.2, 0.25) is 0 Å². The SMILES string of the molecule is CC(C)C1CCCCN(C(C)C)C(C(C)C)C1C(C)C. The van der Waals surface area contributed by atoms with Crippen LogP contribution < -0.4 is 0 Å². The van der Waals surface area contributed by atoms with Crippen molar-refractivity contribution in [3.8, 4) is 0 Å². The van der Waals surface area contributed by atoms with Crippen LogP contribution in [0.4, 0.5) is 0 Å². The zero-order valence-corrected chi connectivity index (χ0v) is 15.3. The quantitative estimate of drug-likeness (QED) is 0.662. The third-order valence-electron chi connectivity index (χ3n) is 5.45. The molecule has 0 aromatic rings. The van der Waals surface area contributed by atoms with Crippen molar-refractivity contribution >= 4 is 0 Å². The zero-order valence-electron chi connectivity index (χ0n) is 15.3. The largest absolute Gasteiger partial charge is 0.297 e. The van der Waals surface area contributed by atoms with Crippen LogP contribution in [0.15, 0.2) is 0 Å². The summed E-state index contributed by atoms with van der Waals surface area (Å²) < 4.78 is 0.